The minimum atomic E-state index is -6.24. The van der Waals surface area contributed by atoms with Crippen molar-refractivity contribution in [3.8, 4) is 17.2 Å². The average Bonchev–Trinajstić information content (AvgIpc) is 2.98. The van der Waals surface area contributed by atoms with Gasteiger partial charge in [-0.15, -0.1) is 0 Å². The predicted molar refractivity (Wildman–Crippen MR) is 145 cm³/mol. The second-order valence-corrected chi connectivity index (χ2v) is 11.6. The van der Waals surface area contributed by atoms with Crippen LogP contribution in [0.1, 0.15) is 75.8 Å². The minimum Gasteiger partial charge on any atom is -0.507 e. The molecule has 2 aliphatic carbocycles. The molecular weight excluding hydrogens is 645 g/mol. The molecule has 1 amide bonds. The highest BCUT2D eigenvalue weighted by molar-refractivity contribution is 6.31. The number of nitrogens with one attached hydrogen (secondary N) is 1. The first-order valence-corrected chi connectivity index (χ1v) is 14.1. The molecule has 3 aliphatic rings. The summed E-state index contributed by atoms with van der Waals surface area (Å²) in [5, 5.41) is 46.0. The lowest BCUT2D eigenvalue weighted by Crippen LogP contribution is -2.60. The monoisotopic (exact) mass is 673 g/mol. The Labute approximate surface area is 262 Å². The van der Waals surface area contributed by atoms with Gasteiger partial charge in [0.2, 0.25) is 5.78 Å². The van der Waals surface area contributed by atoms with Gasteiger partial charge in [0.15, 0.2) is 17.9 Å². The van der Waals surface area contributed by atoms with Crippen LogP contribution in [-0.2, 0) is 25.5 Å². The molecule has 2 aromatic carbocycles. The maximum absolute atomic E-state index is 13.7. The molecule has 0 spiro atoms. The van der Waals surface area contributed by atoms with E-state index in [1.54, 1.807) is 0 Å². The number of benzene rings is 2. The van der Waals surface area contributed by atoms with Gasteiger partial charge in [0.1, 0.15) is 29.0 Å². The number of carbonyl (C=O) groups is 4. The van der Waals surface area contributed by atoms with Gasteiger partial charge in [-0.2, -0.15) is 22.0 Å². The van der Waals surface area contributed by atoms with Crippen molar-refractivity contribution in [3.63, 3.8) is 0 Å². The molecule has 5 rings (SSSR count). The number of alkyl halides is 5. The zero-order chi connectivity index (χ0) is 35.0. The van der Waals surface area contributed by atoms with Crippen molar-refractivity contribution in [2.75, 3.05) is 7.11 Å². The van der Waals surface area contributed by atoms with Crippen LogP contribution in [0, 0.1) is 0 Å². The standard InChI is InChI=1S/C30H28F5NO11/c1-10-22(38)14(36-27(43)29(31,32)30(33,34)35)7-17(46-10)47-16-9-28(44,11(2)37)8-13-19(16)26(42)21-20(24(13)40)23(39)12-5-4-6-15(45-3)18(12)25(21)41/h4-6,10,14,16-17,22,38,40,42,44H,7-9H2,1-3H3,(H,36,43)/t10?,14?,16-,17?,22?,28-/m0/s1. The summed E-state index contributed by atoms with van der Waals surface area (Å²) in [5.74, 6) is -12.9. The number of hydrogen-bond acceptors (Lipinski definition) is 11. The number of fused-ring (bicyclic) bond motifs is 3. The van der Waals surface area contributed by atoms with Crippen LogP contribution in [0.4, 0.5) is 22.0 Å². The van der Waals surface area contributed by atoms with E-state index < -0.39 is 113 Å². The number of rotatable bonds is 6. The van der Waals surface area contributed by atoms with Crippen LogP contribution >= 0.6 is 0 Å². The average molecular weight is 674 g/mol. The number of Topliss-reactive ketones (excluding diaryl/α,β-unsaturated/α-hetero) is 1. The largest absolute Gasteiger partial charge is 0.507 e. The normalized spacial score (nSPS) is 27.4. The lowest BCUT2D eigenvalue weighted by atomic mass is 9.72. The maximum Gasteiger partial charge on any atom is 0.463 e. The molecule has 0 radical (unpaired) electrons. The Kier molecular flexibility index (Phi) is 8.36. The maximum atomic E-state index is 13.7. The van der Waals surface area contributed by atoms with E-state index in [0.29, 0.717) is 0 Å². The van der Waals surface area contributed by atoms with Gasteiger partial charge in [-0.05, 0) is 19.9 Å². The van der Waals surface area contributed by atoms with Gasteiger partial charge in [0.05, 0.1) is 42.0 Å². The molecule has 1 heterocycles. The van der Waals surface area contributed by atoms with Crippen molar-refractivity contribution in [2.24, 2.45) is 0 Å². The van der Waals surface area contributed by atoms with E-state index >= 15 is 0 Å². The molecule has 6 atom stereocenters. The van der Waals surface area contributed by atoms with Crippen LogP contribution in [-0.4, -0.2) is 93.0 Å². The van der Waals surface area contributed by atoms with Gasteiger partial charge < -0.3 is 40.0 Å². The van der Waals surface area contributed by atoms with Gasteiger partial charge >= 0.3 is 18.0 Å². The lowest BCUT2D eigenvalue weighted by Gasteiger charge is -2.43. The highest BCUT2D eigenvalue weighted by atomic mass is 19.4. The van der Waals surface area contributed by atoms with Crippen molar-refractivity contribution in [3.05, 3.63) is 51.6 Å². The predicted octanol–water partition coefficient (Wildman–Crippen LogP) is 2.38. The zero-order valence-electron chi connectivity index (χ0n) is 24.8. The summed E-state index contributed by atoms with van der Waals surface area (Å²) in [7, 11) is 1.24. The van der Waals surface area contributed by atoms with E-state index in [9.17, 15) is 61.6 Å². The van der Waals surface area contributed by atoms with Crippen molar-refractivity contribution in [1.29, 1.82) is 0 Å². The molecule has 12 nitrogen and oxygen atoms in total. The summed E-state index contributed by atoms with van der Waals surface area (Å²) in [5.41, 5.74) is -4.62. The molecule has 1 fully saturated rings. The Morgan fingerprint density at radius 1 is 1.04 bits per heavy atom. The van der Waals surface area contributed by atoms with E-state index in [4.69, 9.17) is 14.2 Å². The van der Waals surface area contributed by atoms with Gasteiger partial charge in [-0.3, -0.25) is 19.2 Å². The first-order valence-electron chi connectivity index (χ1n) is 14.1. The molecule has 1 aliphatic heterocycles. The van der Waals surface area contributed by atoms with Crippen LogP contribution in [0.2, 0.25) is 0 Å². The summed E-state index contributed by atoms with van der Waals surface area (Å²) >= 11 is 0. The van der Waals surface area contributed by atoms with E-state index in [0.717, 1.165) is 6.92 Å². The van der Waals surface area contributed by atoms with E-state index in [2.05, 4.69) is 0 Å². The number of aliphatic hydroxyl groups excluding tert-OH is 1. The fourth-order valence-corrected chi connectivity index (χ4v) is 6.16. The summed E-state index contributed by atoms with van der Waals surface area (Å²) in [6.45, 7) is 2.20. The van der Waals surface area contributed by atoms with E-state index in [-0.39, 0.29) is 28.0 Å². The number of aliphatic hydroxyl groups is 2. The topological polar surface area (TPSA) is 189 Å². The second-order valence-electron chi connectivity index (χ2n) is 11.6. The zero-order valence-corrected chi connectivity index (χ0v) is 24.8. The molecule has 2 aromatic rings. The van der Waals surface area contributed by atoms with Crippen molar-refractivity contribution >= 4 is 23.3 Å². The highest BCUT2D eigenvalue weighted by Crippen LogP contribution is 2.52. The summed E-state index contributed by atoms with van der Waals surface area (Å²) < 4.78 is 82.3. The second kappa shape index (κ2) is 11.5. The Hall–Kier alpha value is -4.19. The number of amides is 1. The molecule has 17 heteroatoms. The van der Waals surface area contributed by atoms with Crippen molar-refractivity contribution in [2.45, 2.75) is 81.5 Å². The number of halogens is 5. The first kappa shape index (κ1) is 34.2. The quantitative estimate of drug-likeness (QED) is 0.191. The smallest absolute Gasteiger partial charge is 0.463 e. The van der Waals surface area contributed by atoms with Gasteiger partial charge in [0, 0.05) is 36.0 Å². The Balaban J connectivity index is 1.57. The number of phenolic OH excluding ortho intramolecular Hbond substituents is 2. The number of phenols is 2. The van der Waals surface area contributed by atoms with Crippen LogP contribution in [0.15, 0.2) is 18.2 Å². The molecular formula is C30H28F5NO11. The van der Waals surface area contributed by atoms with Crippen LogP contribution < -0.4 is 10.1 Å². The highest BCUT2D eigenvalue weighted by Gasteiger charge is 2.64. The third-order valence-corrected chi connectivity index (χ3v) is 8.71. The molecule has 254 valence electrons. The summed E-state index contributed by atoms with van der Waals surface area (Å²) in [6, 6.07) is 2.32. The van der Waals surface area contributed by atoms with Gasteiger partial charge in [-0.25, -0.2) is 0 Å². The van der Waals surface area contributed by atoms with Gasteiger partial charge in [0.25, 0.3) is 0 Å². The van der Waals surface area contributed by atoms with E-state index in [1.807, 2.05) is 0 Å². The SMILES string of the molecule is COc1cccc2c1C(=O)c1c(O)c3c(c(O)c1C2=O)C[C@@](O)(C(C)=O)C[C@@H]3OC1CC(NC(=O)C(F)(F)C(F)(F)F)C(O)C(C)O1. The lowest BCUT2D eigenvalue weighted by molar-refractivity contribution is -0.272. The number of ether oxygens (including phenoxy) is 3. The third kappa shape index (κ3) is 5.40. The van der Waals surface area contributed by atoms with Crippen LogP contribution in [0.3, 0.4) is 0 Å². The molecule has 5 N–H and O–H groups in total. The number of carbonyl (C=O) groups excluding carboxylic acids is 4. The number of ketones is 3. The fraction of sp³-hybridized carbons (Fsp3) is 0.467. The van der Waals surface area contributed by atoms with Crippen LogP contribution in [0.5, 0.6) is 17.2 Å². The Morgan fingerprint density at radius 2 is 1.68 bits per heavy atom. The van der Waals surface area contributed by atoms with Crippen LogP contribution in [0.25, 0.3) is 0 Å². The van der Waals surface area contributed by atoms with Crippen molar-refractivity contribution in [1.82, 2.24) is 5.32 Å². The molecule has 1 saturated heterocycles. The van der Waals surface area contributed by atoms with E-state index in [1.165, 1.54) is 37.5 Å². The third-order valence-electron chi connectivity index (χ3n) is 8.71. The Bertz CT molecular complexity index is 1690. The minimum absolute atomic E-state index is 0.0193. The number of methoxy groups -OCH3 is 1. The van der Waals surface area contributed by atoms with Gasteiger partial charge in [-0.1, -0.05) is 12.1 Å². The number of aromatic hydroxyl groups is 2. The molecule has 0 bridgehead atoms. The Morgan fingerprint density at radius 3 is 2.28 bits per heavy atom. The molecule has 0 aromatic heterocycles. The molecule has 47 heavy (non-hydrogen) atoms. The van der Waals surface area contributed by atoms with Crippen molar-refractivity contribution < 1.29 is 75.8 Å². The molecule has 0 saturated carbocycles. The number of hydrogen-bond donors (Lipinski definition) is 5. The first-order chi connectivity index (χ1) is 21.7. The fourth-order valence-electron chi connectivity index (χ4n) is 6.16. The summed E-state index contributed by atoms with van der Waals surface area (Å²) in [6.07, 6.45) is -14.7. The molecule has 4 unspecified atom stereocenters. The summed E-state index contributed by atoms with van der Waals surface area (Å²) in [4.78, 5) is 51.8.